The van der Waals surface area contributed by atoms with E-state index in [1.54, 1.807) is 0 Å². The van der Waals surface area contributed by atoms with Gasteiger partial charge in [-0.15, -0.1) is 0 Å². The summed E-state index contributed by atoms with van der Waals surface area (Å²) in [5, 5.41) is 18.0. The number of hydrogen-bond acceptors (Lipinski definition) is 5. The van der Waals surface area contributed by atoms with Crippen LogP contribution in [-0.2, 0) is 10.0 Å². The molecular weight excluding hydrogens is 279 g/mol. The number of likely N-dealkylation sites (N-methyl/N-ethyl adjacent to an activating group) is 1. The molecule has 0 saturated carbocycles. The van der Waals surface area contributed by atoms with Gasteiger partial charge >= 0.3 is 7.12 Å². The second-order valence-corrected chi connectivity index (χ2v) is 6.89. The molecule has 2 rings (SSSR count). The topological polar surface area (TPSA) is 89.9 Å². The number of hydrogen-bond donors (Lipinski definition) is 3. The van der Waals surface area contributed by atoms with Gasteiger partial charge in [0.05, 0.1) is 4.90 Å². The van der Waals surface area contributed by atoms with Crippen LogP contribution >= 0.6 is 0 Å². The third kappa shape index (κ3) is 3.21. The molecule has 1 aromatic carbocycles. The fourth-order valence-electron chi connectivity index (χ4n) is 2.34. The van der Waals surface area contributed by atoms with Crippen molar-refractivity contribution in [2.75, 3.05) is 13.6 Å². The number of benzene rings is 1. The Morgan fingerprint density at radius 1 is 1.30 bits per heavy atom. The van der Waals surface area contributed by atoms with E-state index >= 15 is 0 Å². The highest BCUT2D eigenvalue weighted by Gasteiger charge is 2.31. The zero-order valence-corrected chi connectivity index (χ0v) is 12.3. The van der Waals surface area contributed by atoms with Gasteiger partial charge in [-0.2, -0.15) is 0 Å². The molecule has 1 aliphatic heterocycles. The van der Waals surface area contributed by atoms with Crippen molar-refractivity contribution in [3.63, 3.8) is 0 Å². The molecule has 2 atom stereocenters. The van der Waals surface area contributed by atoms with Crippen molar-refractivity contribution in [1.29, 1.82) is 0 Å². The van der Waals surface area contributed by atoms with Gasteiger partial charge in [-0.05, 0) is 44.5 Å². The predicted octanol–water partition coefficient (Wildman–Crippen LogP) is -1.26. The summed E-state index contributed by atoms with van der Waals surface area (Å²) < 4.78 is 27.2. The molecular formula is C12H19BN2O4S. The number of nitrogens with one attached hydrogen (secondary N) is 1. The Morgan fingerprint density at radius 3 is 2.35 bits per heavy atom. The Morgan fingerprint density at radius 2 is 1.90 bits per heavy atom. The van der Waals surface area contributed by atoms with Crippen LogP contribution in [0.3, 0.4) is 0 Å². The molecule has 110 valence electrons. The lowest BCUT2D eigenvalue weighted by molar-refractivity contribution is 0.312. The zero-order chi connectivity index (χ0) is 14.9. The monoisotopic (exact) mass is 298 g/mol. The molecule has 2 unspecified atom stereocenters. The van der Waals surface area contributed by atoms with E-state index in [1.807, 2.05) is 14.0 Å². The van der Waals surface area contributed by atoms with Gasteiger partial charge in [-0.1, -0.05) is 12.1 Å². The highest BCUT2D eigenvalue weighted by molar-refractivity contribution is 7.89. The molecule has 6 nitrogen and oxygen atoms in total. The molecule has 8 heteroatoms. The highest BCUT2D eigenvalue weighted by atomic mass is 32.2. The van der Waals surface area contributed by atoms with Gasteiger partial charge in [-0.25, -0.2) is 13.1 Å². The van der Waals surface area contributed by atoms with Gasteiger partial charge in [0.1, 0.15) is 0 Å². The highest BCUT2D eigenvalue weighted by Crippen LogP contribution is 2.18. The van der Waals surface area contributed by atoms with E-state index in [0.717, 1.165) is 13.0 Å². The van der Waals surface area contributed by atoms with Gasteiger partial charge in [-0.3, -0.25) is 0 Å². The van der Waals surface area contributed by atoms with Crippen LogP contribution in [0.1, 0.15) is 13.3 Å². The van der Waals surface area contributed by atoms with Crippen LogP contribution in [0, 0.1) is 0 Å². The molecule has 0 spiro atoms. The molecule has 1 fully saturated rings. The minimum absolute atomic E-state index is 0.104. The maximum absolute atomic E-state index is 12.3. The largest absolute Gasteiger partial charge is 0.488 e. The first-order valence-corrected chi connectivity index (χ1v) is 7.98. The van der Waals surface area contributed by atoms with Crippen molar-refractivity contribution in [3.05, 3.63) is 24.3 Å². The quantitative estimate of drug-likeness (QED) is 0.604. The second-order valence-electron chi connectivity index (χ2n) is 5.18. The third-order valence-corrected chi connectivity index (χ3v) is 5.37. The van der Waals surface area contributed by atoms with Gasteiger partial charge < -0.3 is 14.9 Å². The average molecular weight is 298 g/mol. The van der Waals surface area contributed by atoms with Crippen molar-refractivity contribution in [3.8, 4) is 0 Å². The summed E-state index contributed by atoms with van der Waals surface area (Å²) in [4.78, 5) is 2.24. The van der Waals surface area contributed by atoms with E-state index < -0.39 is 17.1 Å². The van der Waals surface area contributed by atoms with E-state index in [1.165, 1.54) is 24.3 Å². The van der Waals surface area contributed by atoms with Crippen LogP contribution in [0.15, 0.2) is 29.2 Å². The van der Waals surface area contributed by atoms with Gasteiger partial charge in [0, 0.05) is 12.1 Å². The minimum atomic E-state index is -3.58. The predicted molar refractivity (Wildman–Crippen MR) is 77.1 cm³/mol. The van der Waals surface area contributed by atoms with Crippen LogP contribution in [0.4, 0.5) is 0 Å². The van der Waals surface area contributed by atoms with Gasteiger partial charge in [0.25, 0.3) is 0 Å². The molecule has 0 radical (unpaired) electrons. The Kier molecular flexibility index (Phi) is 4.50. The fraction of sp³-hybridized carbons (Fsp3) is 0.500. The fourth-order valence-corrected chi connectivity index (χ4v) is 3.68. The normalized spacial score (nSPS) is 24.0. The molecule has 0 amide bonds. The van der Waals surface area contributed by atoms with E-state index in [0.29, 0.717) is 0 Å². The van der Waals surface area contributed by atoms with Crippen LogP contribution < -0.4 is 10.2 Å². The molecule has 0 aromatic heterocycles. The summed E-state index contributed by atoms with van der Waals surface area (Å²) in [5.41, 5.74) is 0.262. The van der Waals surface area contributed by atoms with E-state index in [2.05, 4.69) is 9.62 Å². The first-order chi connectivity index (χ1) is 9.31. The van der Waals surface area contributed by atoms with Crippen molar-refractivity contribution in [2.45, 2.75) is 30.3 Å². The summed E-state index contributed by atoms with van der Waals surface area (Å²) in [6.45, 7) is 2.86. The lowest BCUT2D eigenvalue weighted by Gasteiger charge is -2.21. The maximum atomic E-state index is 12.3. The van der Waals surface area contributed by atoms with Crippen LogP contribution in [-0.4, -0.2) is 56.2 Å². The second kappa shape index (κ2) is 5.83. The Balaban J connectivity index is 2.14. The first kappa shape index (κ1) is 15.5. The number of likely N-dealkylation sites (tertiary alicyclic amines) is 1. The molecule has 0 bridgehead atoms. The standard InChI is InChI=1S/C12H19BN2O4S/c1-9-12(7-8-15(9)2)14-20(18,19)11-5-3-10(4-6-11)13(16)17/h3-6,9,12,14,16-17H,7-8H2,1-2H3. The average Bonchev–Trinajstić information content (AvgIpc) is 2.70. The van der Waals surface area contributed by atoms with Crippen LogP contribution in [0.2, 0.25) is 0 Å². The van der Waals surface area contributed by atoms with Gasteiger partial charge in [0.2, 0.25) is 10.0 Å². The summed E-state index contributed by atoms with van der Waals surface area (Å²) in [6, 6.07) is 5.59. The van der Waals surface area contributed by atoms with Crippen molar-refractivity contribution in [2.24, 2.45) is 0 Å². The Labute approximate surface area is 119 Å². The van der Waals surface area contributed by atoms with Crippen molar-refractivity contribution < 1.29 is 18.5 Å². The first-order valence-electron chi connectivity index (χ1n) is 6.50. The van der Waals surface area contributed by atoms with Gasteiger partial charge in [0.15, 0.2) is 0 Å². The van der Waals surface area contributed by atoms with E-state index in [9.17, 15) is 8.42 Å². The van der Waals surface area contributed by atoms with Crippen molar-refractivity contribution in [1.82, 2.24) is 9.62 Å². The molecule has 3 N–H and O–H groups in total. The number of rotatable bonds is 4. The molecule has 1 aliphatic rings. The summed E-state index contributed by atoms with van der Waals surface area (Å²) >= 11 is 0. The van der Waals surface area contributed by atoms with Crippen LogP contribution in [0.5, 0.6) is 0 Å². The third-order valence-electron chi connectivity index (χ3n) is 3.87. The summed E-state index contributed by atoms with van der Waals surface area (Å²) in [7, 11) is -3.21. The molecule has 1 saturated heterocycles. The SMILES string of the molecule is CC1C(NS(=O)(=O)c2ccc(B(O)O)cc2)CCN1C. The van der Waals surface area contributed by atoms with Crippen molar-refractivity contribution >= 4 is 22.6 Å². The van der Waals surface area contributed by atoms with Crippen LogP contribution in [0.25, 0.3) is 0 Å². The smallest absolute Gasteiger partial charge is 0.423 e. The number of sulfonamides is 1. The summed E-state index contributed by atoms with van der Waals surface area (Å²) in [5.74, 6) is 0. The zero-order valence-electron chi connectivity index (χ0n) is 11.5. The van der Waals surface area contributed by atoms with E-state index in [4.69, 9.17) is 10.0 Å². The molecule has 20 heavy (non-hydrogen) atoms. The Hall–Kier alpha value is -0.925. The molecule has 1 aromatic rings. The lowest BCUT2D eigenvalue weighted by Crippen LogP contribution is -2.42. The molecule has 0 aliphatic carbocycles. The minimum Gasteiger partial charge on any atom is -0.423 e. The Bertz CT molecular complexity index is 561. The summed E-state index contributed by atoms with van der Waals surface area (Å²) in [6.07, 6.45) is 0.782. The lowest BCUT2D eigenvalue weighted by atomic mass is 9.81. The maximum Gasteiger partial charge on any atom is 0.488 e. The number of nitrogens with zero attached hydrogens (tertiary/aromatic N) is 1. The van der Waals surface area contributed by atoms with E-state index in [-0.39, 0.29) is 22.4 Å². The molecule has 1 heterocycles.